The number of nitrogens with zero attached hydrogens (tertiary/aromatic N) is 3. The van der Waals surface area contributed by atoms with Crippen molar-refractivity contribution in [3.05, 3.63) is 5.01 Å². The van der Waals surface area contributed by atoms with Gasteiger partial charge in [-0.1, -0.05) is 11.3 Å². The molecule has 1 saturated heterocycles. The van der Waals surface area contributed by atoms with E-state index in [1.165, 1.54) is 17.8 Å². The molecule has 1 aliphatic heterocycles. The summed E-state index contributed by atoms with van der Waals surface area (Å²) in [6, 6.07) is 0. The maximum atomic E-state index is 5.38. The molecular formula is C9H17N5OS. The van der Waals surface area contributed by atoms with Crippen LogP contribution in [0.2, 0.25) is 0 Å². The number of nitrogens with one attached hydrogen (secondary N) is 1. The predicted octanol–water partition coefficient (Wildman–Crippen LogP) is 0.435. The minimum atomic E-state index is 0.355. The lowest BCUT2D eigenvalue weighted by Crippen LogP contribution is -2.38. The van der Waals surface area contributed by atoms with Crippen molar-refractivity contribution in [2.24, 2.45) is 5.84 Å². The Balaban J connectivity index is 1.88. The molecule has 1 aliphatic rings. The highest BCUT2D eigenvalue weighted by Gasteiger charge is 2.20. The molecule has 7 heteroatoms. The van der Waals surface area contributed by atoms with Gasteiger partial charge in [-0.3, -0.25) is 10.3 Å². The van der Waals surface area contributed by atoms with Crippen LogP contribution in [0.25, 0.3) is 0 Å². The number of aromatic nitrogens is 2. The van der Waals surface area contributed by atoms with Crippen LogP contribution in [0.15, 0.2) is 0 Å². The van der Waals surface area contributed by atoms with Crippen LogP contribution in [0, 0.1) is 0 Å². The van der Waals surface area contributed by atoms with Crippen LogP contribution in [-0.4, -0.2) is 41.4 Å². The monoisotopic (exact) mass is 243 g/mol. The van der Waals surface area contributed by atoms with E-state index >= 15 is 0 Å². The lowest BCUT2D eigenvalue weighted by molar-refractivity contribution is 0.0285. The number of likely N-dealkylation sites (tertiary alicyclic amines) is 1. The van der Waals surface area contributed by atoms with Gasteiger partial charge in [0.2, 0.25) is 5.13 Å². The van der Waals surface area contributed by atoms with E-state index in [2.05, 4.69) is 20.5 Å². The smallest absolute Gasteiger partial charge is 0.219 e. The SMILES string of the molecule is COC1CCCN(Cc2nnc(NN)s2)C1. The predicted molar refractivity (Wildman–Crippen MR) is 63.0 cm³/mol. The normalized spacial score (nSPS) is 22.2. The Morgan fingerprint density at radius 2 is 2.50 bits per heavy atom. The fourth-order valence-electron chi connectivity index (χ4n) is 1.92. The van der Waals surface area contributed by atoms with Crippen LogP contribution >= 0.6 is 11.3 Å². The second-order valence-electron chi connectivity index (χ2n) is 3.88. The van der Waals surface area contributed by atoms with Crippen molar-refractivity contribution in [2.45, 2.75) is 25.5 Å². The highest BCUT2D eigenvalue weighted by Crippen LogP contribution is 2.19. The molecule has 1 aromatic rings. The Kier molecular flexibility index (Phi) is 4.05. The Labute approximate surface area is 98.8 Å². The van der Waals surface area contributed by atoms with Crippen molar-refractivity contribution in [2.75, 3.05) is 25.6 Å². The number of hydrazine groups is 1. The Morgan fingerprint density at radius 3 is 3.19 bits per heavy atom. The highest BCUT2D eigenvalue weighted by atomic mass is 32.1. The molecule has 2 rings (SSSR count). The van der Waals surface area contributed by atoms with Crippen molar-refractivity contribution in [1.29, 1.82) is 0 Å². The molecule has 90 valence electrons. The van der Waals surface area contributed by atoms with E-state index in [9.17, 15) is 0 Å². The maximum Gasteiger partial charge on any atom is 0.219 e. The van der Waals surface area contributed by atoms with E-state index in [4.69, 9.17) is 10.6 Å². The first-order valence-electron chi connectivity index (χ1n) is 5.36. The molecule has 0 amide bonds. The van der Waals surface area contributed by atoms with Gasteiger partial charge in [0.05, 0.1) is 12.6 Å². The van der Waals surface area contributed by atoms with E-state index < -0.39 is 0 Å². The van der Waals surface area contributed by atoms with E-state index in [1.54, 1.807) is 7.11 Å². The Bertz CT molecular complexity index is 331. The molecule has 2 heterocycles. The first-order valence-corrected chi connectivity index (χ1v) is 6.17. The summed E-state index contributed by atoms with van der Waals surface area (Å²) in [5.41, 5.74) is 2.51. The minimum Gasteiger partial charge on any atom is -0.380 e. The van der Waals surface area contributed by atoms with Gasteiger partial charge in [-0.15, -0.1) is 10.2 Å². The van der Waals surface area contributed by atoms with E-state index in [1.807, 2.05) is 0 Å². The van der Waals surface area contributed by atoms with Crippen LogP contribution in [0.3, 0.4) is 0 Å². The summed E-state index contributed by atoms with van der Waals surface area (Å²) in [5, 5.41) is 9.64. The van der Waals surface area contributed by atoms with E-state index in [0.29, 0.717) is 11.2 Å². The molecule has 1 aromatic heterocycles. The van der Waals surface area contributed by atoms with Crippen molar-refractivity contribution >= 4 is 16.5 Å². The fourth-order valence-corrected chi connectivity index (χ4v) is 2.61. The number of hydrogen-bond donors (Lipinski definition) is 2. The molecule has 0 spiro atoms. The Morgan fingerprint density at radius 1 is 1.62 bits per heavy atom. The number of anilines is 1. The molecule has 0 saturated carbocycles. The first kappa shape index (κ1) is 11.7. The lowest BCUT2D eigenvalue weighted by Gasteiger charge is -2.30. The molecule has 0 radical (unpaired) electrons. The van der Waals surface area contributed by atoms with Crippen molar-refractivity contribution in [3.63, 3.8) is 0 Å². The number of nitrogens with two attached hydrogens (primary N) is 1. The quantitative estimate of drug-likeness (QED) is 0.590. The molecule has 0 aliphatic carbocycles. The summed E-state index contributed by atoms with van der Waals surface area (Å²) >= 11 is 1.49. The standard InChI is InChI=1S/C9H17N5OS/c1-15-7-3-2-4-14(5-7)6-8-12-13-9(11-10)16-8/h7H,2-6,10H2,1H3,(H,11,13). The second kappa shape index (κ2) is 5.53. The van der Waals surface area contributed by atoms with E-state index in [-0.39, 0.29) is 0 Å². The van der Waals surface area contributed by atoms with Gasteiger partial charge in [0.25, 0.3) is 0 Å². The lowest BCUT2D eigenvalue weighted by atomic mass is 10.1. The summed E-state index contributed by atoms with van der Waals surface area (Å²) in [7, 11) is 1.77. The first-order chi connectivity index (χ1) is 7.81. The summed E-state index contributed by atoms with van der Waals surface area (Å²) in [6.45, 7) is 2.91. The number of piperidine rings is 1. The number of rotatable bonds is 4. The van der Waals surface area contributed by atoms with Crippen LogP contribution in [0.5, 0.6) is 0 Å². The third-order valence-electron chi connectivity index (χ3n) is 2.74. The van der Waals surface area contributed by atoms with Gasteiger partial charge >= 0.3 is 0 Å². The summed E-state index contributed by atoms with van der Waals surface area (Å²) < 4.78 is 5.38. The summed E-state index contributed by atoms with van der Waals surface area (Å²) in [4.78, 5) is 2.35. The van der Waals surface area contributed by atoms with Crippen molar-refractivity contribution in [1.82, 2.24) is 15.1 Å². The van der Waals surface area contributed by atoms with Crippen LogP contribution < -0.4 is 11.3 Å². The van der Waals surface area contributed by atoms with Gasteiger partial charge in [-0.05, 0) is 19.4 Å². The zero-order valence-electron chi connectivity index (χ0n) is 9.35. The number of nitrogen functional groups attached to an aromatic ring is 1. The minimum absolute atomic E-state index is 0.355. The molecule has 0 bridgehead atoms. The number of hydrogen-bond acceptors (Lipinski definition) is 7. The van der Waals surface area contributed by atoms with Gasteiger partial charge in [0.15, 0.2) is 0 Å². The van der Waals surface area contributed by atoms with Crippen LogP contribution in [-0.2, 0) is 11.3 Å². The average molecular weight is 243 g/mol. The average Bonchev–Trinajstić information content (AvgIpc) is 2.77. The van der Waals surface area contributed by atoms with Gasteiger partial charge in [0, 0.05) is 13.7 Å². The van der Waals surface area contributed by atoms with Gasteiger partial charge in [-0.2, -0.15) is 0 Å². The van der Waals surface area contributed by atoms with Gasteiger partial charge < -0.3 is 4.74 Å². The third kappa shape index (κ3) is 2.88. The zero-order chi connectivity index (χ0) is 11.4. The molecule has 16 heavy (non-hydrogen) atoms. The highest BCUT2D eigenvalue weighted by molar-refractivity contribution is 7.15. The van der Waals surface area contributed by atoms with Crippen molar-refractivity contribution < 1.29 is 4.74 Å². The van der Waals surface area contributed by atoms with Gasteiger partial charge in [0.1, 0.15) is 5.01 Å². The van der Waals surface area contributed by atoms with Crippen LogP contribution in [0.4, 0.5) is 5.13 Å². The Hall–Kier alpha value is -0.760. The zero-order valence-corrected chi connectivity index (χ0v) is 10.2. The molecule has 1 fully saturated rings. The van der Waals surface area contributed by atoms with E-state index in [0.717, 1.165) is 31.1 Å². The molecule has 0 aromatic carbocycles. The fraction of sp³-hybridized carbons (Fsp3) is 0.778. The molecule has 6 nitrogen and oxygen atoms in total. The number of methoxy groups -OCH3 is 1. The largest absolute Gasteiger partial charge is 0.380 e. The summed E-state index contributed by atoms with van der Waals surface area (Å²) in [5.74, 6) is 5.26. The molecule has 3 N–H and O–H groups in total. The van der Waals surface area contributed by atoms with Crippen molar-refractivity contribution in [3.8, 4) is 0 Å². The van der Waals surface area contributed by atoms with Crippen LogP contribution in [0.1, 0.15) is 17.8 Å². The molecule has 1 atom stereocenters. The molecule has 1 unspecified atom stereocenters. The topological polar surface area (TPSA) is 76.3 Å². The molecular weight excluding hydrogens is 226 g/mol. The van der Waals surface area contributed by atoms with Gasteiger partial charge in [-0.25, -0.2) is 5.84 Å². The second-order valence-corrected chi connectivity index (χ2v) is 4.94. The number of ether oxygens (including phenoxy) is 1. The summed E-state index contributed by atoms with van der Waals surface area (Å²) in [6.07, 6.45) is 2.69. The third-order valence-corrected chi connectivity index (χ3v) is 3.58. The maximum absolute atomic E-state index is 5.38.